The minimum Gasteiger partial charge on any atom is -0.325 e. The summed E-state index contributed by atoms with van der Waals surface area (Å²) in [6.45, 7) is 13.4. The SMILES string of the molecule is CCn1nc(C)c(NC(=O)CN2CCC[C@@H](c3nc4ccccc4n3C(C)C)C2)c1C. The van der Waals surface area contributed by atoms with Gasteiger partial charge in [0, 0.05) is 25.0 Å². The fourth-order valence-corrected chi connectivity index (χ4v) is 4.87. The highest BCUT2D eigenvalue weighted by molar-refractivity contribution is 5.93. The van der Waals surface area contributed by atoms with E-state index in [1.54, 1.807) is 0 Å². The number of piperidine rings is 1. The third-order valence-electron chi connectivity index (χ3n) is 6.32. The van der Waals surface area contributed by atoms with E-state index in [4.69, 9.17) is 4.98 Å². The fourth-order valence-electron chi connectivity index (χ4n) is 4.87. The molecule has 7 nitrogen and oxygen atoms in total. The number of imidazole rings is 1. The van der Waals surface area contributed by atoms with Gasteiger partial charge in [0.05, 0.1) is 34.7 Å². The second-order valence-corrected chi connectivity index (χ2v) is 8.91. The molecule has 1 atom stereocenters. The van der Waals surface area contributed by atoms with Crippen molar-refractivity contribution in [3.05, 3.63) is 41.5 Å². The molecule has 1 aliphatic heterocycles. The molecule has 31 heavy (non-hydrogen) atoms. The van der Waals surface area contributed by atoms with Gasteiger partial charge in [-0.25, -0.2) is 4.98 Å². The van der Waals surface area contributed by atoms with Crippen LogP contribution in [0.4, 0.5) is 5.69 Å². The van der Waals surface area contributed by atoms with Crippen LogP contribution in [0.3, 0.4) is 0 Å². The molecule has 1 aromatic carbocycles. The van der Waals surface area contributed by atoms with Crippen molar-refractivity contribution in [2.24, 2.45) is 0 Å². The van der Waals surface area contributed by atoms with Gasteiger partial charge in [0.2, 0.25) is 5.91 Å². The first kappa shape index (κ1) is 21.6. The van der Waals surface area contributed by atoms with Crippen molar-refractivity contribution in [2.45, 2.75) is 66.0 Å². The summed E-state index contributed by atoms with van der Waals surface area (Å²) < 4.78 is 4.30. The van der Waals surface area contributed by atoms with Crippen molar-refractivity contribution in [2.75, 3.05) is 25.0 Å². The Balaban J connectivity index is 1.48. The predicted octanol–water partition coefficient (Wildman–Crippen LogP) is 4.27. The Labute approximate surface area is 184 Å². The Kier molecular flexibility index (Phi) is 6.14. The molecule has 0 saturated carbocycles. The number of rotatable bonds is 6. The molecule has 1 aliphatic rings. The molecule has 0 aliphatic carbocycles. The first-order chi connectivity index (χ1) is 14.9. The summed E-state index contributed by atoms with van der Waals surface area (Å²) in [6.07, 6.45) is 2.18. The molecule has 2 aromatic heterocycles. The van der Waals surface area contributed by atoms with Crippen LogP contribution in [0, 0.1) is 13.8 Å². The van der Waals surface area contributed by atoms with Crippen molar-refractivity contribution in [3.8, 4) is 0 Å². The van der Waals surface area contributed by atoms with Gasteiger partial charge in [-0.1, -0.05) is 12.1 Å². The maximum atomic E-state index is 12.8. The number of aromatic nitrogens is 4. The van der Waals surface area contributed by atoms with Crippen LogP contribution in [0.15, 0.2) is 24.3 Å². The number of likely N-dealkylation sites (tertiary alicyclic amines) is 1. The number of fused-ring (bicyclic) bond motifs is 1. The molecule has 1 fully saturated rings. The summed E-state index contributed by atoms with van der Waals surface area (Å²) in [6, 6.07) is 8.72. The lowest BCUT2D eigenvalue weighted by Gasteiger charge is -2.32. The minimum absolute atomic E-state index is 0.0277. The molecular weight excluding hydrogens is 388 g/mol. The van der Waals surface area contributed by atoms with Crippen molar-refractivity contribution in [1.29, 1.82) is 0 Å². The van der Waals surface area contributed by atoms with E-state index in [0.29, 0.717) is 18.5 Å². The number of carbonyl (C=O) groups is 1. The van der Waals surface area contributed by atoms with Crippen LogP contribution in [0.25, 0.3) is 11.0 Å². The second-order valence-electron chi connectivity index (χ2n) is 8.91. The van der Waals surface area contributed by atoms with Crippen LogP contribution in [-0.4, -0.2) is 49.8 Å². The number of carbonyl (C=O) groups excluding carboxylic acids is 1. The highest BCUT2D eigenvalue weighted by atomic mass is 16.2. The number of benzene rings is 1. The second kappa shape index (κ2) is 8.83. The molecular formula is C24H34N6O. The Hall–Kier alpha value is -2.67. The summed E-state index contributed by atoms with van der Waals surface area (Å²) in [7, 11) is 0. The summed E-state index contributed by atoms with van der Waals surface area (Å²) in [5.74, 6) is 1.51. The highest BCUT2D eigenvalue weighted by Gasteiger charge is 2.28. The number of hydrogen-bond donors (Lipinski definition) is 1. The van der Waals surface area contributed by atoms with E-state index in [-0.39, 0.29) is 5.91 Å². The molecule has 3 heterocycles. The number of aryl methyl sites for hydroxylation is 2. The first-order valence-electron chi connectivity index (χ1n) is 11.4. The highest BCUT2D eigenvalue weighted by Crippen LogP contribution is 2.31. The standard InChI is InChI=1S/C24H34N6O/c1-6-29-18(5)23(17(4)27-29)26-22(31)15-28-13-9-10-19(14-28)24-25-20-11-7-8-12-21(20)30(24)16(2)3/h7-8,11-12,16,19H,6,9-10,13-15H2,1-5H3,(H,26,31)/t19-/m1/s1. The van der Waals surface area contributed by atoms with Gasteiger partial charge < -0.3 is 9.88 Å². The van der Waals surface area contributed by atoms with Gasteiger partial charge in [-0.3, -0.25) is 14.4 Å². The molecule has 3 aromatic rings. The maximum Gasteiger partial charge on any atom is 0.238 e. The van der Waals surface area contributed by atoms with E-state index in [1.807, 2.05) is 24.6 Å². The van der Waals surface area contributed by atoms with Crippen molar-refractivity contribution < 1.29 is 4.79 Å². The topological polar surface area (TPSA) is 68.0 Å². The Morgan fingerprint density at radius 1 is 1.26 bits per heavy atom. The molecule has 0 radical (unpaired) electrons. The summed E-state index contributed by atoms with van der Waals surface area (Å²) >= 11 is 0. The molecule has 1 N–H and O–H groups in total. The van der Waals surface area contributed by atoms with Crippen molar-refractivity contribution in [1.82, 2.24) is 24.2 Å². The largest absolute Gasteiger partial charge is 0.325 e. The lowest BCUT2D eigenvalue weighted by Crippen LogP contribution is -2.40. The molecule has 0 spiro atoms. The van der Waals surface area contributed by atoms with Crippen LogP contribution >= 0.6 is 0 Å². The number of anilines is 1. The minimum atomic E-state index is 0.0277. The molecule has 1 saturated heterocycles. The average Bonchev–Trinajstić information content (AvgIpc) is 3.27. The predicted molar refractivity (Wildman–Crippen MR) is 125 cm³/mol. The number of nitrogens with one attached hydrogen (secondary N) is 1. The number of nitrogens with zero attached hydrogens (tertiary/aromatic N) is 5. The Morgan fingerprint density at radius 2 is 2.03 bits per heavy atom. The van der Waals surface area contributed by atoms with Crippen molar-refractivity contribution >= 4 is 22.6 Å². The van der Waals surface area contributed by atoms with E-state index < -0.39 is 0 Å². The maximum absolute atomic E-state index is 12.8. The zero-order valence-corrected chi connectivity index (χ0v) is 19.4. The molecule has 166 valence electrons. The molecule has 4 rings (SSSR count). The van der Waals surface area contributed by atoms with Gasteiger partial charge in [-0.05, 0) is 66.1 Å². The fraction of sp³-hybridized carbons (Fsp3) is 0.542. The zero-order valence-electron chi connectivity index (χ0n) is 19.4. The smallest absolute Gasteiger partial charge is 0.238 e. The third-order valence-corrected chi connectivity index (χ3v) is 6.32. The van der Waals surface area contributed by atoms with Gasteiger partial charge in [0.1, 0.15) is 5.82 Å². The average molecular weight is 423 g/mol. The van der Waals surface area contributed by atoms with Crippen LogP contribution in [0.5, 0.6) is 0 Å². The van der Waals surface area contributed by atoms with Crippen molar-refractivity contribution in [3.63, 3.8) is 0 Å². The van der Waals surface area contributed by atoms with E-state index in [1.165, 1.54) is 5.52 Å². The third kappa shape index (κ3) is 4.24. The lowest BCUT2D eigenvalue weighted by molar-refractivity contribution is -0.117. The molecule has 0 bridgehead atoms. The molecule has 0 unspecified atom stereocenters. The van der Waals surface area contributed by atoms with Crippen LogP contribution in [-0.2, 0) is 11.3 Å². The zero-order chi connectivity index (χ0) is 22.1. The van der Waals surface area contributed by atoms with Crippen LogP contribution in [0.1, 0.15) is 62.8 Å². The quantitative estimate of drug-likeness (QED) is 0.644. The lowest BCUT2D eigenvalue weighted by atomic mass is 9.96. The Morgan fingerprint density at radius 3 is 2.74 bits per heavy atom. The summed E-state index contributed by atoms with van der Waals surface area (Å²) in [4.78, 5) is 20.1. The van der Waals surface area contributed by atoms with Crippen LogP contribution < -0.4 is 5.32 Å². The van der Waals surface area contributed by atoms with E-state index in [0.717, 1.165) is 60.9 Å². The molecule has 7 heteroatoms. The van der Waals surface area contributed by atoms with Gasteiger partial charge in [0.25, 0.3) is 0 Å². The van der Waals surface area contributed by atoms with Gasteiger partial charge >= 0.3 is 0 Å². The van der Waals surface area contributed by atoms with Gasteiger partial charge in [-0.15, -0.1) is 0 Å². The van der Waals surface area contributed by atoms with Gasteiger partial charge in [0.15, 0.2) is 0 Å². The normalized spacial score (nSPS) is 17.5. The van der Waals surface area contributed by atoms with E-state index in [2.05, 4.69) is 58.9 Å². The number of para-hydroxylation sites is 2. The van der Waals surface area contributed by atoms with E-state index in [9.17, 15) is 4.79 Å². The first-order valence-corrected chi connectivity index (χ1v) is 11.4. The summed E-state index contributed by atoms with van der Waals surface area (Å²) in [5.41, 5.74) is 4.98. The van der Waals surface area contributed by atoms with Gasteiger partial charge in [-0.2, -0.15) is 5.10 Å². The van der Waals surface area contributed by atoms with E-state index >= 15 is 0 Å². The molecule has 1 amide bonds. The summed E-state index contributed by atoms with van der Waals surface area (Å²) in [5, 5.41) is 7.61. The Bertz CT molecular complexity index is 1080. The monoisotopic (exact) mass is 422 g/mol. The number of amides is 1. The van der Waals surface area contributed by atoms with Crippen LogP contribution in [0.2, 0.25) is 0 Å². The number of hydrogen-bond acceptors (Lipinski definition) is 4.